The van der Waals surface area contributed by atoms with Crippen LogP contribution in [0.5, 0.6) is 0 Å². The van der Waals surface area contributed by atoms with Gasteiger partial charge >= 0.3 is 5.97 Å². The predicted octanol–water partition coefficient (Wildman–Crippen LogP) is 2.95. The van der Waals surface area contributed by atoms with E-state index in [0.29, 0.717) is 12.8 Å². The Morgan fingerprint density at radius 1 is 1.07 bits per heavy atom. The number of hydrogen-bond acceptors (Lipinski definition) is 2. The molecule has 0 aromatic heterocycles. The Morgan fingerprint density at radius 3 is 2.20 bits per heavy atom. The number of hydrogen-bond donors (Lipinski definition) is 1. The van der Waals surface area contributed by atoms with Gasteiger partial charge in [-0.3, -0.25) is 4.79 Å². The number of rotatable bonds is 8. The van der Waals surface area contributed by atoms with Crippen molar-refractivity contribution in [2.24, 2.45) is 0 Å². The van der Waals surface area contributed by atoms with E-state index in [1.807, 2.05) is 6.92 Å². The molecule has 0 saturated heterocycles. The van der Waals surface area contributed by atoms with Crippen molar-refractivity contribution in [3.05, 3.63) is 11.6 Å². The minimum absolute atomic E-state index is 0.0774. The summed E-state index contributed by atoms with van der Waals surface area (Å²) < 4.78 is 0. The Labute approximate surface area is 91.2 Å². The van der Waals surface area contributed by atoms with E-state index in [1.54, 1.807) is 0 Å². The van der Waals surface area contributed by atoms with E-state index in [9.17, 15) is 9.59 Å². The lowest BCUT2D eigenvalue weighted by atomic mass is 10.1. The molecule has 3 heteroatoms. The molecular weight excluding hydrogens is 192 g/mol. The summed E-state index contributed by atoms with van der Waals surface area (Å²) in [6.07, 6.45) is 5.89. The van der Waals surface area contributed by atoms with Crippen LogP contribution in [0, 0.1) is 0 Å². The fourth-order valence-electron chi connectivity index (χ4n) is 1.32. The van der Waals surface area contributed by atoms with E-state index in [4.69, 9.17) is 5.11 Å². The molecule has 0 atom stereocenters. The average Bonchev–Trinajstić information content (AvgIpc) is 2.16. The molecule has 0 rings (SSSR count). The Kier molecular flexibility index (Phi) is 7.60. The molecule has 0 aliphatic rings. The molecule has 0 fully saturated rings. The molecule has 3 nitrogen and oxygen atoms in total. The number of carbonyl (C=O) groups excluding carboxylic acids is 1. The normalized spacial score (nSPS) is 11.5. The number of carboxylic acid groups (broad SMARTS) is 1. The van der Waals surface area contributed by atoms with E-state index >= 15 is 0 Å². The van der Waals surface area contributed by atoms with Crippen LogP contribution >= 0.6 is 0 Å². The number of carboxylic acids is 1. The van der Waals surface area contributed by atoms with Crippen molar-refractivity contribution < 1.29 is 14.7 Å². The maximum absolute atomic E-state index is 11.3. The lowest BCUT2D eigenvalue weighted by Crippen LogP contribution is -2.04. The lowest BCUT2D eigenvalue weighted by Gasteiger charge is -2.01. The quantitative estimate of drug-likeness (QED) is 0.497. The molecule has 0 unspecified atom stereocenters. The molecule has 0 aliphatic heterocycles. The van der Waals surface area contributed by atoms with Crippen LogP contribution in [0.4, 0.5) is 0 Å². The van der Waals surface area contributed by atoms with Gasteiger partial charge in [0.25, 0.3) is 0 Å². The largest absolute Gasteiger partial charge is 0.478 e. The third-order valence-corrected chi connectivity index (χ3v) is 2.16. The molecule has 1 N–H and O–H groups in total. The number of aliphatic carboxylic acids is 1. The van der Waals surface area contributed by atoms with Crippen LogP contribution in [0.2, 0.25) is 0 Å². The van der Waals surface area contributed by atoms with E-state index in [-0.39, 0.29) is 11.4 Å². The summed E-state index contributed by atoms with van der Waals surface area (Å²) in [5.41, 5.74) is 0.252. The molecule has 0 aromatic rings. The molecule has 0 aromatic carbocycles. The Morgan fingerprint density at radius 2 is 1.73 bits per heavy atom. The second kappa shape index (κ2) is 8.21. The zero-order valence-corrected chi connectivity index (χ0v) is 9.58. The molecule has 0 bridgehead atoms. The summed E-state index contributed by atoms with van der Waals surface area (Å²) >= 11 is 0. The number of allylic oxidation sites excluding steroid dienone is 1. The molecule has 0 radical (unpaired) electrons. The van der Waals surface area contributed by atoms with Gasteiger partial charge in [-0.2, -0.15) is 0 Å². The van der Waals surface area contributed by atoms with Crippen LogP contribution in [-0.4, -0.2) is 16.9 Å². The smallest absolute Gasteiger partial charge is 0.331 e. The Hall–Kier alpha value is -1.12. The average molecular weight is 212 g/mol. The summed E-state index contributed by atoms with van der Waals surface area (Å²) in [6.45, 7) is 3.97. The standard InChI is InChI=1S/C12H20O3/c1-3-5-6-8-10(12(14)15)9-11(13)7-4-2/h9H,3-8H2,1-2H3,(H,14,15). The van der Waals surface area contributed by atoms with Gasteiger partial charge in [0.2, 0.25) is 0 Å². The van der Waals surface area contributed by atoms with Gasteiger partial charge in [-0.25, -0.2) is 4.79 Å². The fourth-order valence-corrected chi connectivity index (χ4v) is 1.32. The van der Waals surface area contributed by atoms with E-state index in [2.05, 4.69) is 6.92 Å². The molecule has 15 heavy (non-hydrogen) atoms. The topological polar surface area (TPSA) is 54.4 Å². The maximum atomic E-state index is 11.3. The molecule has 0 spiro atoms. The molecule has 86 valence electrons. The number of unbranched alkanes of at least 4 members (excludes halogenated alkanes) is 2. The minimum Gasteiger partial charge on any atom is -0.478 e. The zero-order valence-electron chi connectivity index (χ0n) is 9.58. The van der Waals surface area contributed by atoms with Crippen molar-refractivity contribution >= 4 is 11.8 Å². The summed E-state index contributed by atoms with van der Waals surface area (Å²) in [4.78, 5) is 22.1. The van der Waals surface area contributed by atoms with Crippen molar-refractivity contribution in [2.75, 3.05) is 0 Å². The Bertz CT molecular complexity index is 241. The van der Waals surface area contributed by atoms with Gasteiger partial charge in [0.1, 0.15) is 0 Å². The highest BCUT2D eigenvalue weighted by Gasteiger charge is 2.08. The van der Waals surface area contributed by atoms with Gasteiger partial charge in [0, 0.05) is 12.0 Å². The summed E-state index contributed by atoms with van der Waals surface area (Å²) in [5.74, 6) is -1.04. The van der Waals surface area contributed by atoms with Crippen molar-refractivity contribution in [3.8, 4) is 0 Å². The van der Waals surface area contributed by atoms with E-state index in [0.717, 1.165) is 25.7 Å². The number of carbonyl (C=O) groups is 2. The van der Waals surface area contributed by atoms with Crippen LogP contribution in [0.25, 0.3) is 0 Å². The third kappa shape index (κ3) is 6.89. The van der Waals surface area contributed by atoms with Crippen LogP contribution in [0.15, 0.2) is 11.6 Å². The highest BCUT2D eigenvalue weighted by atomic mass is 16.4. The molecular formula is C12H20O3. The van der Waals surface area contributed by atoms with Gasteiger partial charge in [-0.05, 0) is 25.3 Å². The highest BCUT2D eigenvalue weighted by molar-refractivity contribution is 5.98. The summed E-state index contributed by atoms with van der Waals surface area (Å²) in [6, 6.07) is 0. The van der Waals surface area contributed by atoms with Crippen molar-refractivity contribution in [3.63, 3.8) is 0 Å². The maximum Gasteiger partial charge on any atom is 0.331 e. The summed E-state index contributed by atoms with van der Waals surface area (Å²) in [5, 5.41) is 8.87. The number of ketones is 1. The van der Waals surface area contributed by atoms with Gasteiger partial charge in [-0.15, -0.1) is 0 Å². The van der Waals surface area contributed by atoms with Crippen LogP contribution in [-0.2, 0) is 9.59 Å². The molecule has 0 saturated carbocycles. The van der Waals surface area contributed by atoms with Gasteiger partial charge < -0.3 is 5.11 Å². The first kappa shape index (κ1) is 13.9. The van der Waals surface area contributed by atoms with Crippen LogP contribution in [0.3, 0.4) is 0 Å². The molecule has 0 amide bonds. The second-order valence-electron chi connectivity index (χ2n) is 3.65. The fraction of sp³-hybridized carbons (Fsp3) is 0.667. The first-order valence-corrected chi connectivity index (χ1v) is 5.58. The van der Waals surface area contributed by atoms with Crippen molar-refractivity contribution in [1.82, 2.24) is 0 Å². The first-order valence-electron chi connectivity index (χ1n) is 5.58. The molecule has 0 aliphatic carbocycles. The minimum atomic E-state index is -0.962. The van der Waals surface area contributed by atoms with Crippen LogP contribution < -0.4 is 0 Å². The molecule has 0 heterocycles. The van der Waals surface area contributed by atoms with Gasteiger partial charge in [0.05, 0.1) is 0 Å². The lowest BCUT2D eigenvalue weighted by molar-refractivity contribution is -0.133. The highest BCUT2D eigenvalue weighted by Crippen LogP contribution is 2.10. The second-order valence-corrected chi connectivity index (χ2v) is 3.65. The van der Waals surface area contributed by atoms with Crippen molar-refractivity contribution in [2.45, 2.75) is 52.4 Å². The van der Waals surface area contributed by atoms with E-state index < -0.39 is 5.97 Å². The van der Waals surface area contributed by atoms with Crippen LogP contribution in [0.1, 0.15) is 52.4 Å². The zero-order chi connectivity index (χ0) is 11.7. The van der Waals surface area contributed by atoms with Gasteiger partial charge in [0.15, 0.2) is 5.78 Å². The third-order valence-electron chi connectivity index (χ3n) is 2.16. The predicted molar refractivity (Wildman–Crippen MR) is 59.8 cm³/mol. The monoisotopic (exact) mass is 212 g/mol. The first-order chi connectivity index (χ1) is 7.11. The SMILES string of the molecule is CCCCCC(=CC(=O)CCC)C(=O)O. The Balaban J connectivity index is 4.25. The van der Waals surface area contributed by atoms with Crippen molar-refractivity contribution in [1.29, 1.82) is 0 Å². The van der Waals surface area contributed by atoms with Gasteiger partial charge in [-0.1, -0.05) is 26.7 Å². The summed E-state index contributed by atoms with van der Waals surface area (Å²) in [7, 11) is 0. The van der Waals surface area contributed by atoms with E-state index in [1.165, 1.54) is 6.08 Å².